The molecule has 1 aliphatic rings. The summed E-state index contributed by atoms with van der Waals surface area (Å²) in [6.07, 6.45) is 4.87. The molecule has 1 aromatic heterocycles. The van der Waals surface area contributed by atoms with Crippen molar-refractivity contribution in [3.63, 3.8) is 0 Å². The Morgan fingerprint density at radius 3 is 2.58 bits per heavy atom. The van der Waals surface area contributed by atoms with Gasteiger partial charge in [-0.1, -0.05) is 0 Å². The Morgan fingerprint density at radius 2 is 2.00 bits per heavy atom. The second kappa shape index (κ2) is 7.33. The summed E-state index contributed by atoms with van der Waals surface area (Å²) in [4.78, 5) is 18.5. The lowest BCUT2D eigenvalue weighted by atomic mass is 10.0. The summed E-state index contributed by atoms with van der Waals surface area (Å²) in [6.45, 7) is 3.68. The third kappa shape index (κ3) is 3.67. The van der Waals surface area contributed by atoms with Crippen molar-refractivity contribution in [1.29, 1.82) is 0 Å². The Balaban J connectivity index is 1.50. The highest BCUT2D eigenvalue weighted by molar-refractivity contribution is 5.80. The van der Waals surface area contributed by atoms with E-state index in [1.807, 2.05) is 19.1 Å². The smallest absolute Gasteiger partial charge is 0.244 e. The number of anilines is 1. The quantitative estimate of drug-likeness (QED) is 0.903. The number of nitrogens with zero attached hydrogens (tertiary/aromatic N) is 4. The molecule has 1 N–H and O–H groups in total. The van der Waals surface area contributed by atoms with Gasteiger partial charge in [-0.05, 0) is 44.0 Å². The van der Waals surface area contributed by atoms with Gasteiger partial charge in [0.15, 0.2) is 0 Å². The van der Waals surface area contributed by atoms with Gasteiger partial charge in [-0.25, -0.2) is 9.67 Å². The Morgan fingerprint density at radius 1 is 1.29 bits per heavy atom. The Kier molecular flexibility index (Phi) is 4.98. The first-order chi connectivity index (χ1) is 11.7. The molecule has 1 aromatic carbocycles. The summed E-state index contributed by atoms with van der Waals surface area (Å²) in [7, 11) is 1.67. The maximum atomic E-state index is 12.3. The fourth-order valence-electron chi connectivity index (χ4n) is 2.93. The number of aromatic nitrogens is 3. The van der Waals surface area contributed by atoms with Crippen LogP contribution in [0.2, 0.25) is 0 Å². The number of benzene rings is 1. The number of hydrogen-bond donors (Lipinski definition) is 1. The van der Waals surface area contributed by atoms with Crippen molar-refractivity contribution in [2.24, 2.45) is 0 Å². The Bertz CT molecular complexity index is 648. The van der Waals surface area contributed by atoms with E-state index in [0.29, 0.717) is 0 Å². The van der Waals surface area contributed by atoms with E-state index < -0.39 is 0 Å². The van der Waals surface area contributed by atoms with Crippen LogP contribution >= 0.6 is 0 Å². The molecular weight excluding hydrogens is 306 g/mol. The minimum absolute atomic E-state index is 0.0107. The fraction of sp³-hybridized carbons (Fsp3) is 0.471. The standard InChI is InChI=1S/C17H23N5O2/c1-13(22-12-18-11-19-22)17(23)20-14-7-9-21(10-8-14)15-3-5-16(24-2)6-4-15/h3-6,11-14H,7-10H2,1-2H3,(H,20,23). The van der Waals surface area contributed by atoms with Crippen LogP contribution in [-0.2, 0) is 4.79 Å². The lowest BCUT2D eigenvalue weighted by Gasteiger charge is -2.34. The molecule has 0 spiro atoms. The van der Waals surface area contributed by atoms with Gasteiger partial charge in [0.05, 0.1) is 7.11 Å². The number of methoxy groups -OCH3 is 1. The van der Waals surface area contributed by atoms with Gasteiger partial charge in [0.1, 0.15) is 24.4 Å². The van der Waals surface area contributed by atoms with Crippen molar-refractivity contribution in [2.45, 2.75) is 31.8 Å². The highest BCUT2D eigenvalue weighted by Crippen LogP contribution is 2.23. The summed E-state index contributed by atoms with van der Waals surface area (Å²) >= 11 is 0. The summed E-state index contributed by atoms with van der Waals surface area (Å²) in [5.74, 6) is 0.853. The lowest BCUT2D eigenvalue weighted by Crippen LogP contribution is -2.46. The molecule has 0 saturated carbocycles. The molecule has 128 valence electrons. The molecule has 7 nitrogen and oxygen atoms in total. The molecular formula is C17H23N5O2. The minimum atomic E-state index is -0.341. The van der Waals surface area contributed by atoms with Crippen molar-refractivity contribution in [1.82, 2.24) is 20.1 Å². The number of ether oxygens (including phenoxy) is 1. The first-order valence-corrected chi connectivity index (χ1v) is 8.21. The maximum absolute atomic E-state index is 12.3. The number of carbonyl (C=O) groups is 1. The highest BCUT2D eigenvalue weighted by Gasteiger charge is 2.23. The molecule has 1 unspecified atom stereocenters. The molecule has 0 bridgehead atoms. The number of amides is 1. The van der Waals surface area contributed by atoms with E-state index in [4.69, 9.17) is 4.74 Å². The Hall–Kier alpha value is -2.57. The predicted molar refractivity (Wildman–Crippen MR) is 91.1 cm³/mol. The number of carbonyl (C=O) groups excluding carboxylic acids is 1. The van der Waals surface area contributed by atoms with Gasteiger partial charge >= 0.3 is 0 Å². The molecule has 24 heavy (non-hydrogen) atoms. The number of hydrogen-bond acceptors (Lipinski definition) is 5. The zero-order chi connectivity index (χ0) is 16.9. The van der Waals surface area contributed by atoms with Gasteiger partial charge in [0.25, 0.3) is 0 Å². The topological polar surface area (TPSA) is 72.3 Å². The van der Waals surface area contributed by atoms with Gasteiger partial charge in [-0.3, -0.25) is 4.79 Å². The molecule has 1 amide bonds. The van der Waals surface area contributed by atoms with Crippen LogP contribution in [0, 0.1) is 0 Å². The van der Waals surface area contributed by atoms with E-state index >= 15 is 0 Å². The third-order valence-corrected chi connectivity index (χ3v) is 4.49. The molecule has 1 saturated heterocycles. The van der Waals surface area contributed by atoms with Crippen molar-refractivity contribution in [3.8, 4) is 5.75 Å². The average molecular weight is 329 g/mol. The normalized spacial score (nSPS) is 16.7. The molecule has 2 heterocycles. The van der Waals surface area contributed by atoms with Crippen molar-refractivity contribution in [3.05, 3.63) is 36.9 Å². The number of nitrogens with one attached hydrogen (secondary N) is 1. The summed E-state index contributed by atoms with van der Waals surface area (Å²) in [5.41, 5.74) is 1.19. The van der Waals surface area contributed by atoms with Gasteiger partial charge in [0.2, 0.25) is 5.91 Å². The molecule has 3 rings (SSSR count). The Labute approximate surface area is 141 Å². The second-order valence-corrected chi connectivity index (χ2v) is 6.02. The predicted octanol–water partition coefficient (Wildman–Crippen LogP) is 1.63. The zero-order valence-corrected chi connectivity index (χ0v) is 14.1. The van der Waals surface area contributed by atoms with E-state index in [9.17, 15) is 4.79 Å². The summed E-state index contributed by atoms with van der Waals surface area (Å²) in [5, 5.41) is 7.15. The second-order valence-electron chi connectivity index (χ2n) is 6.02. The van der Waals surface area contributed by atoms with E-state index in [0.717, 1.165) is 31.7 Å². The summed E-state index contributed by atoms with van der Waals surface area (Å²) in [6, 6.07) is 7.96. The summed E-state index contributed by atoms with van der Waals surface area (Å²) < 4.78 is 6.76. The maximum Gasteiger partial charge on any atom is 0.244 e. The lowest BCUT2D eigenvalue weighted by molar-refractivity contribution is -0.125. The van der Waals surface area contributed by atoms with Crippen LogP contribution in [0.15, 0.2) is 36.9 Å². The fourth-order valence-corrected chi connectivity index (χ4v) is 2.93. The molecule has 2 aromatic rings. The highest BCUT2D eigenvalue weighted by atomic mass is 16.5. The van der Waals surface area contributed by atoms with Crippen molar-refractivity contribution in [2.75, 3.05) is 25.1 Å². The van der Waals surface area contributed by atoms with Crippen LogP contribution in [-0.4, -0.2) is 46.9 Å². The van der Waals surface area contributed by atoms with Crippen LogP contribution in [0.5, 0.6) is 5.75 Å². The molecule has 0 radical (unpaired) electrons. The van der Waals surface area contributed by atoms with Gasteiger partial charge in [-0.15, -0.1) is 0 Å². The van der Waals surface area contributed by atoms with E-state index in [2.05, 4.69) is 32.4 Å². The van der Waals surface area contributed by atoms with Crippen molar-refractivity contribution >= 4 is 11.6 Å². The largest absolute Gasteiger partial charge is 0.497 e. The van der Waals surface area contributed by atoms with Crippen LogP contribution in [0.3, 0.4) is 0 Å². The molecule has 1 fully saturated rings. The molecule has 1 atom stereocenters. The molecule has 1 aliphatic heterocycles. The molecule has 7 heteroatoms. The van der Waals surface area contributed by atoms with Crippen molar-refractivity contribution < 1.29 is 9.53 Å². The van der Waals surface area contributed by atoms with E-state index in [-0.39, 0.29) is 18.0 Å². The SMILES string of the molecule is COc1ccc(N2CCC(NC(=O)C(C)n3cncn3)CC2)cc1. The minimum Gasteiger partial charge on any atom is -0.497 e. The average Bonchev–Trinajstić information content (AvgIpc) is 3.16. The van der Waals surface area contributed by atoms with Crippen LogP contribution in [0.4, 0.5) is 5.69 Å². The van der Waals surface area contributed by atoms with Gasteiger partial charge in [-0.2, -0.15) is 5.10 Å². The van der Waals surface area contributed by atoms with E-state index in [1.54, 1.807) is 18.1 Å². The van der Waals surface area contributed by atoms with Gasteiger partial charge < -0.3 is 15.0 Å². The van der Waals surface area contributed by atoms with E-state index in [1.165, 1.54) is 12.0 Å². The number of rotatable bonds is 5. The first kappa shape index (κ1) is 16.3. The number of piperidine rings is 1. The molecule has 0 aliphatic carbocycles. The van der Waals surface area contributed by atoms with Crippen LogP contribution in [0.25, 0.3) is 0 Å². The zero-order valence-electron chi connectivity index (χ0n) is 14.1. The monoisotopic (exact) mass is 329 g/mol. The third-order valence-electron chi connectivity index (χ3n) is 4.49. The van der Waals surface area contributed by atoms with Gasteiger partial charge in [0, 0.05) is 24.8 Å². The first-order valence-electron chi connectivity index (χ1n) is 8.21. The van der Waals surface area contributed by atoms with Crippen LogP contribution < -0.4 is 15.0 Å². The van der Waals surface area contributed by atoms with Crippen LogP contribution in [0.1, 0.15) is 25.8 Å².